The minimum absolute atomic E-state index is 0.186. The third-order valence-corrected chi connectivity index (χ3v) is 5.72. The highest BCUT2D eigenvalue weighted by Gasteiger charge is 2.28. The first-order chi connectivity index (χ1) is 11.1. The SMILES string of the molecule is CCN1CCN(C2=NC(=O)C(=Cc3ccc(Cl)c(Cl)c3)S2)CC1. The summed E-state index contributed by atoms with van der Waals surface area (Å²) in [4.78, 5) is 21.5. The number of likely N-dealkylation sites (N-methyl/N-ethyl adjacent to an activating group) is 1. The molecule has 2 aliphatic rings. The van der Waals surface area contributed by atoms with Crippen LogP contribution in [0.2, 0.25) is 10.0 Å². The van der Waals surface area contributed by atoms with E-state index in [1.54, 1.807) is 12.1 Å². The van der Waals surface area contributed by atoms with Crippen molar-refractivity contribution in [1.82, 2.24) is 9.80 Å². The Bertz CT molecular complexity index is 682. The number of nitrogens with zero attached hydrogens (tertiary/aromatic N) is 3. The second-order valence-corrected chi connectivity index (χ2v) is 7.23. The van der Waals surface area contributed by atoms with E-state index in [4.69, 9.17) is 23.2 Å². The van der Waals surface area contributed by atoms with Crippen LogP contribution in [0, 0.1) is 0 Å². The van der Waals surface area contributed by atoms with Crippen LogP contribution >= 0.6 is 35.0 Å². The molecule has 0 bridgehead atoms. The first-order valence-corrected chi connectivity index (χ1v) is 9.09. The molecular formula is C16H17Cl2N3OS. The van der Waals surface area contributed by atoms with E-state index in [1.165, 1.54) is 11.8 Å². The van der Waals surface area contributed by atoms with Gasteiger partial charge in [0.2, 0.25) is 0 Å². The molecule has 2 aliphatic heterocycles. The van der Waals surface area contributed by atoms with E-state index in [-0.39, 0.29) is 5.91 Å². The van der Waals surface area contributed by atoms with Crippen LogP contribution in [0.1, 0.15) is 12.5 Å². The maximum Gasteiger partial charge on any atom is 0.286 e. The van der Waals surface area contributed by atoms with Crippen LogP contribution in [0.15, 0.2) is 28.1 Å². The number of aliphatic imine (C=N–C) groups is 1. The van der Waals surface area contributed by atoms with E-state index in [1.807, 2.05) is 12.1 Å². The lowest BCUT2D eigenvalue weighted by Gasteiger charge is -2.34. The number of carbonyl (C=O) groups is 1. The quantitative estimate of drug-likeness (QED) is 0.746. The van der Waals surface area contributed by atoms with Gasteiger partial charge >= 0.3 is 0 Å². The predicted octanol–water partition coefficient (Wildman–Crippen LogP) is 3.60. The van der Waals surface area contributed by atoms with Crippen LogP contribution in [-0.2, 0) is 4.79 Å². The molecule has 1 amide bonds. The van der Waals surface area contributed by atoms with Crippen LogP contribution in [0.25, 0.3) is 6.08 Å². The highest BCUT2D eigenvalue weighted by atomic mass is 35.5. The molecule has 7 heteroatoms. The normalized spacial score (nSPS) is 21.2. The molecule has 1 aromatic carbocycles. The number of benzene rings is 1. The van der Waals surface area contributed by atoms with Gasteiger partial charge in [0, 0.05) is 26.2 Å². The lowest BCUT2D eigenvalue weighted by molar-refractivity contribution is -0.113. The Balaban J connectivity index is 1.70. The highest BCUT2D eigenvalue weighted by Crippen LogP contribution is 2.32. The number of thioether (sulfide) groups is 1. The van der Waals surface area contributed by atoms with Crippen molar-refractivity contribution >= 4 is 52.1 Å². The summed E-state index contributed by atoms with van der Waals surface area (Å²) in [6, 6.07) is 5.32. The summed E-state index contributed by atoms with van der Waals surface area (Å²) in [5.41, 5.74) is 0.850. The smallest absolute Gasteiger partial charge is 0.286 e. The van der Waals surface area contributed by atoms with Crippen LogP contribution in [-0.4, -0.2) is 53.6 Å². The largest absolute Gasteiger partial charge is 0.348 e. The molecule has 0 saturated carbocycles. The Morgan fingerprint density at radius 2 is 1.96 bits per heavy atom. The van der Waals surface area contributed by atoms with E-state index < -0.39 is 0 Å². The second-order valence-electron chi connectivity index (χ2n) is 5.41. The zero-order chi connectivity index (χ0) is 16.4. The summed E-state index contributed by atoms with van der Waals surface area (Å²) in [5, 5.41) is 1.79. The maximum atomic E-state index is 12.1. The molecule has 0 spiro atoms. The van der Waals surface area contributed by atoms with Gasteiger partial charge in [-0.3, -0.25) is 4.79 Å². The fourth-order valence-corrected chi connectivity index (χ4v) is 3.81. The molecule has 2 heterocycles. The first-order valence-electron chi connectivity index (χ1n) is 7.51. The highest BCUT2D eigenvalue weighted by molar-refractivity contribution is 8.18. The zero-order valence-electron chi connectivity index (χ0n) is 12.8. The average molecular weight is 370 g/mol. The van der Waals surface area contributed by atoms with Gasteiger partial charge in [-0.1, -0.05) is 36.2 Å². The lowest BCUT2D eigenvalue weighted by atomic mass is 10.2. The number of hydrogen-bond acceptors (Lipinski definition) is 4. The standard InChI is InChI=1S/C16H17Cl2N3OS/c1-2-20-5-7-21(8-6-20)16-19-15(22)14(23-16)10-11-3-4-12(17)13(18)9-11/h3-4,9-10H,2,5-8H2,1H3. The Hall–Kier alpha value is -1.01. The number of halogens is 2. The van der Waals surface area contributed by atoms with Gasteiger partial charge in [-0.2, -0.15) is 4.99 Å². The van der Waals surface area contributed by atoms with Crippen LogP contribution in [0.3, 0.4) is 0 Å². The molecule has 1 fully saturated rings. The summed E-state index contributed by atoms with van der Waals surface area (Å²) in [6.45, 7) is 7.07. The van der Waals surface area contributed by atoms with Gasteiger partial charge in [-0.05, 0) is 42.1 Å². The number of piperazine rings is 1. The third-order valence-electron chi connectivity index (χ3n) is 3.94. The van der Waals surface area contributed by atoms with Crippen molar-refractivity contribution in [1.29, 1.82) is 0 Å². The van der Waals surface area contributed by atoms with E-state index in [9.17, 15) is 4.79 Å². The van der Waals surface area contributed by atoms with Crippen molar-refractivity contribution in [2.75, 3.05) is 32.7 Å². The molecule has 0 N–H and O–H groups in total. The summed E-state index contributed by atoms with van der Waals surface area (Å²) in [6.07, 6.45) is 1.81. The van der Waals surface area contributed by atoms with Gasteiger partial charge in [-0.15, -0.1) is 0 Å². The van der Waals surface area contributed by atoms with E-state index in [0.717, 1.165) is 43.5 Å². The van der Waals surface area contributed by atoms with Crippen LogP contribution < -0.4 is 0 Å². The molecule has 0 unspecified atom stereocenters. The van der Waals surface area contributed by atoms with Crippen LogP contribution in [0.4, 0.5) is 0 Å². The number of amides is 1. The summed E-state index contributed by atoms with van der Waals surface area (Å²) in [5.74, 6) is -0.186. The van der Waals surface area contributed by atoms with Crippen molar-refractivity contribution in [2.45, 2.75) is 6.92 Å². The van der Waals surface area contributed by atoms with Gasteiger partial charge in [-0.25, -0.2) is 0 Å². The second kappa shape index (κ2) is 7.26. The van der Waals surface area contributed by atoms with Crippen molar-refractivity contribution in [2.24, 2.45) is 4.99 Å². The summed E-state index contributed by atoms with van der Waals surface area (Å²) in [7, 11) is 0. The zero-order valence-corrected chi connectivity index (χ0v) is 15.1. The van der Waals surface area contributed by atoms with E-state index in [0.29, 0.717) is 15.0 Å². The van der Waals surface area contributed by atoms with Crippen molar-refractivity contribution in [3.63, 3.8) is 0 Å². The number of rotatable bonds is 2. The summed E-state index contributed by atoms with van der Waals surface area (Å²) < 4.78 is 0. The van der Waals surface area contributed by atoms with Crippen LogP contribution in [0.5, 0.6) is 0 Å². The number of hydrogen-bond donors (Lipinski definition) is 0. The van der Waals surface area contributed by atoms with E-state index in [2.05, 4.69) is 21.7 Å². The van der Waals surface area contributed by atoms with Gasteiger partial charge in [0.15, 0.2) is 5.17 Å². The van der Waals surface area contributed by atoms with Gasteiger partial charge in [0.1, 0.15) is 0 Å². The number of amidine groups is 1. The minimum atomic E-state index is -0.186. The molecule has 4 nitrogen and oxygen atoms in total. The Morgan fingerprint density at radius 1 is 1.22 bits per heavy atom. The van der Waals surface area contributed by atoms with E-state index >= 15 is 0 Å². The van der Waals surface area contributed by atoms with Gasteiger partial charge in [0.25, 0.3) is 5.91 Å². The first kappa shape index (κ1) is 16.8. The molecular weight excluding hydrogens is 353 g/mol. The minimum Gasteiger partial charge on any atom is -0.348 e. The third kappa shape index (κ3) is 3.91. The molecule has 1 aromatic rings. The average Bonchev–Trinajstić information content (AvgIpc) is 2.92. The maximum absolute atomic E-state index is 12.1. The summed E-state index contributed by atoms with van der Waals surface area (Å²) >= 11 is 13.4. The molecule has 0 radical (unpaired) electrons. The monoisotopic (exact) mass is 369 g/mol. The molecule has 1 saturated heterocycles. The van der Waals surface area contributed by atoms with Gasteiger partial charge in [0.05, 0.1) is 15.0 Å². The van der Waals surface area contributed by atoms with Crippen molar-refractivity contribution in [3.05, 3.63) is 38.7 Å². The molecule has 23 heavy (non-hydrogen) atoms. The van der Waals surface area contributed by atoms with Gasteiger partial charge < -0.3 is 9.80 Å². The predicted molar refractivity (Wildman–Crippen MR) is 98.2 cm³/mol. The van der Waals surface area contributed by atoms with Crippen molar-refractivity contribution in [3.8, 4) is 0 Å². The topological polar surface area (TPSA) is 35.9 Å². The molecule has 122 valence electrons. The molecule has 0 aromatic heterocycles. The fourth-order valence-electron chi connectivity index (χ4n) is 2.54. The Morgan fingerprint density at radius 3 is 2.61 bits per heavy atom. The molecule has 3 rings (SSSR count). The Labute approximate surface area is 150 Å². The Kier molecular flexibility index (Phi) is 5.31. The lowest BCUT2D eigenvalue weighted by Crippen LogP contribution is -2.47. The number of carbonyl (C=O) groups excluding carboxylic acids is 1. The molecule has 0 aliphatic carbocycles. The van der Waals surface area contributed by atoms with Crippen molar-refractivity contribution < 1.29 is 4.79 Å². The fraction of sp³-hybridized carbons (Fsp3) is 0.375. The molecule has 0 atom stereocenters.